The summed E-state index contributed by atoms with van der Waals surface area (Å²) in [7, 11) is -3.42. The molecule has 0 aliphatic heterocycles. The first-order chi connectivity index (χ1) is 13.4. The second kappa shape index (κ2) is 8.40. The number of hydrogen-bond acceptors (Lipinski definition) is 3. The lowest BCUT2D eigenvalue weighted by molar-refractivity contribution is 0.102. The summed E-state index contributed by atoms with van der Waals surface area (Å²) in [4.78, 5) is 12.7. The van der Waals surface area contributed by atoms with Crippen LogP contribution in [0.25, 0.3) is 0 Å². The molecule has 0 unspecified atom stereocenters. The predicted octanol–water partition coefficient (Wildman–Crippen LogP) is 4.78. The fourth-order valence-corrected chi connectivity index (χ4v) is 4.18. The van der Waals surface area contributed by atoms with Crippen molar-refractivity contribution in [2.24, 2.45) is 0 Å². The van der Waals surface area contributed by atoms with E-state index in [0.717, 1.165) is 17.7 Å². The molecule has 0 spiro atoms. The maximum atomic E-state index is 12.5. The number of aryl methyl sites for hydroxylation is 2. The molecule has 144 valence electrons. The van der Waals surface area contributed by atoms with Gasteiger partial charge in [0, 0.05) is 11.3 Å². The number of amides is 1. The monoisotopic (exact) mass is 393 g/mol. The molecule has 3 aromatic rings. The van der Waals surface area contributed by atoms with E-state index in [1.807, 2.05) is 31.2 Å². The molecule has 3 aromatic carbocycles. The summed E-state index contributed by atoms with van der Waals surface area (Å²) >= 11 is 0. The molecule has 1 N–H and O–H groups in total. The van der Waals surface area contributed by atoms with Gasteiger partial charge in [-0.2, -0.15) is 0 Å². The van der Waals surface area contributed by atoms with Crippen LogP contribution in [0.5, 0.6) is 0 Å². The molecular weight excluding hydrogens is 370 g/mol. The maximum Gasteiger partial charge on any atom is 0.255 e. The number of sulfone groups is 1. The molecule has 28 heavy (non-hydrogen) atoms. The van der Waals surface area contributed by atoms with E-state index in [2.05, 4.69) is 12.2 Å². The highest BCUT2D eigenvalue weighted by Gasteiger charge is 2.15. The highest BCUT2D eigenvalue weighted by molar-refractivity contribution is 7.90. The molecule has 0 aromatic heterocycles. The van der Waals surface area contributed by atoms with Crippen molar-refractivity contribution < 1.29 is 13.2 Å². The van der Waals surface area contributed by atoms with Gasteiger partial charge in [0.05, 0.1) is 10.6 Å². The highest BCUT2D eigenvalue weighted by atomic mass is 32.2. The lowest BCUT2D eigenvalue weighted by Crippen LogP contribution is -2.12. The molecule has 1 amide bonds. The zero-order valence-corrected chi connectivity index (χ0v) is 16.8. The smallest absolute Gasteiger partial charge is 0.255 e. The van der Waals surface area contributed by atoms with Gasteiger partial charge in [0.25, 0.3) is 5.91 Å². The first kappa shape index (κ1) is 19.8. The van der Waals surface area contributed by atoms with Gasteiger partial charge >= 0.3 is 0 Å². The molecular formula is C23H23NO3S. The lowest BCUT2D eigenvalue weighted by Gasteiger charge is -2.08. The Balaban J connectivity index is 1.68. The van der Waals surface area contributed by atoms with E-state index in [4.69, 9.17) is 0 Å². The zero-order valence-electron chi connectivity index (χ0n) is 16.0. The third kappa shape index (κ3) is 4.87. The molecule has 0 saturated carbocycles. The van der Waals surface area contributed by atoms with E-state index >= 15 is 0 Å². The Bertz CT molecular complexity index is 1050. The van der Waals surface area contributed by atoms with Crippen molar-refractivity contribution in [3.8, 4) is 0 Å². The van der Waals surface area contributed by atoms with E-state index in [0.29, 0.717) is 16.0 Å². The summed E-state index contributed by atoms with van der Waals surface area (Å²) < 4.78 is 25.1. The average Bonchev–Trinajstić information content (AvgIpc) is 2.69. The molecule has 0 fully saturated rings. The predicted molar refractivity (Wildman–Crippen MR) is 112 cm³/mol. The van der Waals surface area contributed by atoms with Crippen LogP contribution in [0.15, 0.2) is 77.7 Å². The van der Waals surface area contributed by atoms with Gasteiger partial charge in [-0.15, -0.1) is 0 Å². The van der Waals surface area contributed by atoms with Crippen molar-refractivity contribution >= 4 is 21.4 Å². The molecule has 0 bridgehead atoms. The number of anilines is 1. The normalized spacial score (nSPS) is 11.2. The summed E-state index contributed by atoms with van der Waals surface area (Å²) in [6.07, 6.45) is 0.946. The van der Waals surface area contributed by atoms with Crippen molar-refractivity contribution in [3.05, 3.63) is 95.1 Å². The molecule has 0 aliphatic carbocycles. The first-order valence-electron chi connectivity index (χ1n) is 9.16. The summed E-state index contributed by atoms with van der Waals surface area (Å²) in [5.41, 5.74) is 4.07. The molecule has 4 nitrogen and oxygen atoms in total. The number of rotatable bonds is 6. The number of carbonyl (C=O) groups excluding carboxylic acids is 1. The fourth-order valence-electron chi connectivity index (χ4n) is 2.83. The fraction of sp³-hybridized carbons (Fsp3) is 0.174. The maximum absolute atomic E-state index is 12.5. The van der Waals surface area contributed by atoms with Gasteiger partial charge < -0.3 is 5.32 Å². The molecule has 0 saturated heterocycles. The quantitative estimate of drug-likeness (QED) is 0.655. The second-order valence-corrected chi connectivity index (χ2v) is 8.76. The third-order valence-corrected chi connectivity index (χ3v) is 6.28. The van der Waals surface area contributed by atoms with Gasteiger partial charge in [-0.3, -0.25) is 4.79 Å². The van der Waals surface area contributed by atoms with E-state index in [9.17, 15) is 13.2 Å². The molecule has 0 heterocycles. The molecule has 3 rings (SSSR count). The van der Waals surface area contributed by atoms with Gasteiger partial charge in [-0.05, 0) is 60.9 Å². The Morgan fingerprint density at radius 3 is 1.96 bits per heavy atom. The average molecular weight is 394 g/mol. The van der Waals surface area contributed by atoms with E-state index in [1.54, 1.807) is 48.5 Å². The largest absolute Gasteiger partial charge is 0.322 e. The van der Waals surface area contributed by atoms with Gasteiger partial charge in [-0.1, -0.05) is 48.9 Å². The van der Waals surface area contributed by atoms with Crippen molar-refractivity contribution in [1.82, 2.24) is 0 Å². The number of benzene rings is 3. The molecule has 0 aliphatic rings. The minimum Gasteiger partial charge on any atom is -0.322 e. The minimum absolute atomic E-state index is 0.101. The van der Waals surface area contributed by atoms with Gasteiger partial charge in [0.15, 0.2) is 9.84 Å². The Hall–Kier alpha value is -2.92. The Morgan fingerprint density at radius 2 is 1.39 bits per heavy atom. The van der Waals surface area contributed by atoms with Crippen LogP contribution in [0, 0.1) is 6.92 Å². The summed E-state index contributed by atoms with van der Waals surface area (Å²) in [5.74, 6) is -0.326. The van der Waals surface area contributed by atoms with Crippen LogP contribution in [-0.4, -0.2) is 14.3 Å². The van der Waals surface area contributed by atoms with Crippen molar-refractivity contribution in [1.29, 1.82) is 0 Å². The Kier molecular flexibility index (Phi) is 5.95. The van der Waals surface area contributed by atoms with Crippen LogP contribution in [0.3, 0.4) is 0 Å². The van der Waals surface area contributed by atoms with Crippen LogP contribution in [0.4, 0.5) is 5.69 Å². The van der Waals surface area contributed by atoms with E-state index in [-0.39, 0.29) is 11.7 Å². The third-order valence-electron chi connectivity index (χ3n) is 4.57. The number of carbonyl (C=O) groups is 1. The summed E-state index contributed by atoms with van der Waals surface area (Å²) in [6.45, 7) is 3.99. The highest BCUT2D eigenvalue weighted by Crippen LogP contribution is 2.18. The molecule has 5 heteroatoms. The molecule has 0 atom stereocenters. The SMILES string of the molecule is CCc1ccc(NC(=O)c2ccc(CS(=O)(=O)c3ccc(C)cc3)cc2)cc1. The second-order valence-electron chi connectivity index (χ2n) is 6.77. The van der Waals surface area contributed by atoms with Gasteiger partial charge in [0.2, 0.25) is 0 Å². The van der Waals surface area contributed by atoms with Crippen molar-refractivity contribution in [3.63, 3.8) is 0 Å². The van der Waals surface area contributed by atoms with Crippen LogP contribution < -0.4 is 5.32 Å². The Morgan fingerprint density at radius 1 is 0.821 bits per heavy atom. The van der Waals surface area contributed by atoms with Gasteiger partial charge in [0.1, 0.15) is 0 Å². The van der Waals surface area contributed by atoms with E-state index in [1.165, 1.54) is 5.56 Å². The minimum atomic E-state index is -3.42. The number of hydrogen-bond donors (Lipinski definition) is 1. The summed E-state index contributed by atoms with van der Waals surface area (Å²) in [5, 5.41) is 2.85. The standard InChI is InChI=1S/C23H23NO3S/c1-3-18-8-12-21(13-9-18)24-23(25)20-10-6-19(7-11-20)16-28(26,27)22-14-4-17(2)5-15-22/h4-15H,3,16H2,1-2H3,(H,24,25). The number of nitrogens with one attached hydrogen (secondary N) is 1. The molecule has 0 radical (unpaired) electrons. The van der Waals surface area contributed by atoms with Crippen molar-refractivity contribution in [2.45, 2.75) is 30.9 Å². The van der Waals surface area contributed by atoms with Crippen LogP contribution in [0.1, 0.15) is 34.0 Å². The summed E-state index contributed by atoms with van der Waals surface area (Å²) in [6, 6.07) is 21.2. The first-order valence-corrected chi connectivity index (χ1v) is 10.8. The van der Waals surface area contributed by atoms with Crippen molar-refractivity contribution in [2.75, 3.05) is 5.32 Å². The lowest BCUT2D eigenvalue weighted by atomic mass is 10.1. The Labute approximate surface area is 166 Å². The van der Waals surface area contributed by atoms with Crippen LogP contribution in [-0.2, 0) is 22.0 Å². The topological polar surface area (TPSA) is 63.2 Å². The van der Waals surface area contributed by atoms with Crippen LogP contribution >= 0.6 is 0 Å². The zero-order chi connectivity index (χ0) is 20.1. The van der Waals surface area contributed by atoms with Crippen LogP contribution in [0.2, 0.25) is 0 Å². The van der Waals surface area contributed by atoms with Gasteiger partial charge in [-0.25, -0.2) is 8.42 Å². The van der Waals surface area contributed by atoms with E-state index < -0.39 is 9.84 Å².